The van der Waals surface area contributed by atoms with Crippen molar-refractivity contribution in [3.8, 4) is 0 Å². The summed E-state index contributed by atoms with van der Waals surface area (Å²) in [5.41, 5.74) is 7.87. The predicted molar refractivity (Wildman–Crippen MR) is 64.0 cm³/mol. The molecule has 0 amide bonds. The van der Waals surface area contributed by atoms with Gasteiger partial charge in [-0.2, -0.15) is 0 Å². The summed E-state index contributed by atoms with van der Waals surface area (Å²) in [6.45, 7) is 1.77. The molecule has 0 spiro atoms. The van der Waals surface area contributed by atoms with E-state index in [1.807, 2.05) is 19.3 Å². The fraction of sp³-hybridized carbons (Fsp3) is 0.583. The summed E-state index contributed by atoms with van der Waals surface area (Å²) in [5.74, 6) is 0.636. The quantitative estimate of drug-likeness (QED) is 0.805. The van der Waals surface area contributed by atoms with Crippen molar-refractivity contribution in [3.63, 3.8) is 0 Å². The van der Waals surface area contributed by atoms with Crippen molar-refractivity contribution >= 4 is 5.69 Å². The molecule has 0 aliphatic carbocycles. The van der Waals surface area contributed by atoms with Gasteiger partial charge < -0.3 is 15.8 Å². The molecule has 16 heavy (non-hydrogen) atoms. The van der Waals surface area contributed by atoms with Crippen LogP contribution in [-0.4, -0.2) is 25.2 Å². The number of nitrogens with zero attached hydrogens (tertiary/aromatic N) is 1. The summed E-state index contributed by atoms with van der Waals surface area (Å²) < 4.78 is 5.39. The number of nitrogen functional groups attached to an aromatic ring is 1. The molecule has 0 saturated carbocycles. The van der Waals surface area contributed by atoms with Crippen LogP contribution in [0.25, 0.3) is 0 Å². The Morgan fingerprint density at radius 1 is 1.69 bits per heavy atom. The lowest BCUT2D eigenvalue weighted by Gasteiger charge is -2.20. The Morgan fingerprint density at radius 2 is 2.56 bits per heavy atom. The molecule has 1 aromatic heterocycles. The van der Waals surface area contributed by atoms with E-state index in [4.69, 9.17) is 10.5 Å². The first kappa shape index (κ1) is 11.4. The lowest BCUT2D eigenvalue weighted by molar-refractivity contribution is 0.181. The third kappa shape index (κ3) is 2.51. The largest absolute Gasteiger partial charge is 0.398 e. The summed E-state index contributed by atoms with van der Waals surface area (Å²) in [7, 11) is 1.97. The average molecular weight is 221 g/mol. The van der Waals surface area contributed by atoms with E-state index in [-0.39, 0.29) is 6.04 Å². The van der Waals surface area contributed by atoms with E-state index >= 15 is 0 Å². The summed E-state index contributed by atoms with van der Waals surface area (Å²) in [6, 6.07) is 2.13. The zero-order valence-electron chi connectivity index (χ0n) is 9.65. The topological polar surface area (TPSA) is 60.2 Å². The third-order valence-electron chi connectivity index (χ3n) is 3.20. The molecule has 1 aliphatic rings. The van der Waals surface area contributed by atoms with Crippen LogP contribution < -0.4 is 11.1 Å². The van der Waals surface area contributed by atoms with E-state index in [1.54, 1.807) is 6.20 Å². The molecular weight excluding hydrogens is 202 g/mol. The van der Waals surface area contributed by atoms with Gasteiger partial charge >= 0.3 is 0 Å². The molecule has 1 fully saturated rings. The van der Waals surface area contributed by atoms with Crippen LogP contribution >= 0.6 is 0 Å². The highest BCUT2D eigenvalue weighted by Crippen LogP contribution is 2.28. The number of nitrogens with one attached hydrogen (secondary N) is 1. The predicted octanol–water partition coefficient (Wildman–Crippen LogP) is 1.35. The van der Waals surface area contributed by atoms with Crippen molar-refractivity contribution in [1.29, 1.82) is 0 Å². The molecule has 0 aromatic carbocycles. The van der Waals surface area contributed by atoms with E-state index in [0.29, 0.717) is 5.92 Å². The second-order valence-electron chi connectivity index (χ2n) is 4.31. The van der Waals surface area contributed by atoms with Gasteiger partial charge in [0.25, 0.3) is 0 Å². The molecule has 1 saturated heterocycles. The van der Waals surface area contributed by atoms with Crippen LogP contribution in [0.5, 0.6) is 0 Å². The first-order valence-corrected chi connectivity index (χ1v) is 5.75. The number of nitrogens with two attached hydrogens (primary N) is 1. The van der Waals surface area contributed by atoms with E-state index in [9.17, 15) is 0 Å². The number of aromatic nitrogens is 1. The maximum atomic E-state index is 5.96. The standard InChI is InChI=1S/C12H19N3O/c1-14-12(6-9-3-5-16-8-9)10-7-15-4-2-11(10)13/h2,4,7,9,12,14H,3,5-6,8H2,1H3,(H2,13,15). The summed E-state index contributed by atoms with van der Waals surface area (Å²) >= 11 is 0. The molecule has 4 nitrogen and oxygen atoms in total. The van der Waals surface area contributed by atoms with Crippen LogP contribution in [0.1, 0.15) is 24.4 Å². The number of ether oxygens (including phenoxy) is 1. The molecule has 2 heterocycles. The van der Waals surface area contributed by atoms with Crippen molar-refractivity contribution in [2.45, 2.75) is 18.9 Å². The second kappa shape index (κ2) is 5.27. The molecule has 2 atom stereocenters. The first-order valence-electron chi connectivity index (χ1n) is 5.75. The Labute approximate surface area is 96.2 Å². The van der Waals surface area contributed by atoms with Gasteiger partial charge in [-0.15, -0.1) is 0 Å². The SMILES string of the molecule is CNC(CC1CCOC1)c1cnccc1N. The Kier molecular flexibility index (Phi) is 3.74. The van der Waals surface area contributed by atoms with Crippen molar-refractivity contribution in [3.05, 3.63) is 24.0 Å². The van der Waals surface area contributed by atoms with Gasteiger partial charge in [0.2, 0.25) is 0 Å². The minimum absolute atomic E-state index is 0.278. The highest BCUT2D eigenvalue weighted by Gasteiger charge is 2.22. The van der Waals surface area contributed by atoms with Gasteiger partial charge in [-0.3, -0.25) is 4.98 Å². The van der Waals surface area contributed by atoms with Crippen LogP contribution in [0.15, 0.2) is 18.5 Å². The van der Waals surface area contributed by atoms with Crippen molar-refractivity contribution < 1.29 is 4.74 Å². The maximum absolute atomic E-state index is 5.96. The molecule has 4 heteroatoms. The van der Waals surface area contributed by atoms with E-state index in [2.05, 4.69) is 10.3 Å². The molecular formula is C12H19N3O. The minimum Gasteiger partial charge on any atom is -0.398 e. The Balaban J connectivity index is 2.06. The van der Waals surface area contributed by atoms with Gasteiger partial charge in [0.15, 0.2) is 0 Å². The molecule has 0 bridgehead atoms. The molecule has 3 N–H and O–H groups in total. The van der Waals surface area contributed by atoms with E-state index < -0.39 is 0 Å². The van der Waals surface area contributed by atoms with Crippen molar-refractivity contribution in [2.24, 2.45) is 5.92 Å². The number of anilines is 1. The number of hydrogen-bond donors (Lipinski definition) is 2. The molecule has 88 valence electrons. The van der Waals surface area contributed by atoms with Crippen molar-refractivity contribution in [2.75, 3.05) is 26.0 Å². The lowest BCUT2D eigenvalue weighted by Crippen LogP contribution is -2.21. The van der Waals surface area contributed by atoms with E-state index in [1.165, 1.54) is 0 Å². The molecule has 2 rings (SSSR count). The number of rotatable bonds is 4. The van der Waals surface area contributed by atoms with Gasteiger partial charge in [-0.1, -0.05) is 0 Å². The Hall–Kier alpha value is -1.13. The van der Waals surface area contributed by atoms with Crippen LogP contribution in [0, 0.1) is 5.92 Å². The summed E-state index contributed by atoms with van der Waals surface area (Å²) in [5, 5.41) is 3.31. The lowest BCUT2D eigenvalue weighted by atomic mass is 9.94. The normalized spacial score (nSPS) is 22.2. The number of pyridine rings is 1. The van der Waals surface area contributed by atoms with Gasteiger partial charge in [0.05, 0.1) is 0 Å². The highest BCUT2D eigenvalue weighted by molar-refractivity contribution is 5.46. The average Bonchev–Trinajstić information content (AvgIpc) is 2.80. The van der Waals surface area contributed by atoms with Crippen molar-refractivity contribution in [1.82, 2.24) is 10.3 Å². The highest BCUT2D eigenvalue weighted by atomic mass is 16.5. The van der Waals surface area contributed by atoms with Gasteiger partial charge in [-0.05, 0) is 31.9 Å². The van der Waals surface area contributed by atoms with E-state index in [0.717, 1.165) is 37.3 Å². The maximum Gasteiger partial charge on any atom is 0.0495 e. The first-order chi connectivity index (χ1) is 7.81. The van der Waals surface area contributed by atoms with Crippen LogP contribution in [0.2, 0.25) is 0 Å². The van der Waals surface area contributed by atoms with Gasteiger partial charge in [0.1, 0.15) is 0 Å². The van der Waals surface area contributed by atoms with Crippen LogP contribution in [0.4, 0.5) is 5.69 Å². The molecule has 1 aliphatic heterocycles. The second-order valence-corrected chi connectivity index (χ2v) is 4.31. The fourth-order valence-corrected chi connectivity index (χ4v) is 2.21. The van der Waals surface area contributed by atoms with Gasteiger partial charge in [0, 0.05) is 42.9 Å². The van der Waals surface area contributed by atoms with Gasteiger partial charge in [-0.25, -0.2) is 0 Å². The van der Waals surface area contributed by atoms with Crippen LogP contribution in [0.3, 0.4) is 0 Å². The zero-order valence-corrected chi connectivity index (χ0v) is 9.65. The Morgan fingerprint density at radius 3 is 3.19 bits per heavy atom. The zero-order chi connectivity index (χ0) is 11.4. The summed E-state index contributed by atoms with van der Waals surface area (Å²) in [4.78, 5) is 4.14. The smallest absolute Gasteiger partial charge is 0.0495 e. The monoisotopic (exact) mass is 221 g/mol. The summed E-state index contributed by atoms with van der Waals surface area (Å²) in [6.07, 6.45) is 5.79. The molecule has 0 radical (unpaired) electrons. The van der Waals surface area contributed by atoms with Crippen LogP contribution in [-0.2, 0) is 4.74 Å². The molecule has 1 aromatic rings. The Bertz CT molecular complexity index is 337. The fourth-order valence-electron chi connectivity index (χ4n) is 2.21. The molecule has 2 unspecified atom stereocenters. The third-order valence-corrected chi connectivity index (χ3v) is 3.20. The minimum atomic E-state index is 0.278. The number of hydrogen-bond acceptors (Lipinski definition) is 4.